The third kappa shape index (κ3) is 3.82. The van der Waals surface area contributed by atoms with Crippen molar-refractivity contribution < 1.29 is 8.42 Å². The molecule has 1 aromatic rings. The van der Waals surface area contributed by atoms with E-state index in [0.29, 0.717) is 17.3 Å². The van der Waals surface area contributed by atoms with Crippen molar-refractivity contribution in [3.8, 4) is 0 Å². The summed E-state index contributed by atoms with van der Waals surface area (Å²) in [5.74, 6) is 0.573. The van der Waals surface area contributed by atoms with Crippen LogP contribution in [0.5, 0.6) is 0 Å². The van der Waals surface area contributed by atoms with Crippen molar-refractivity contribution in [2.45, 2.75) is 11.3 Å². The standard InChI is InChI=1S/C12H20N4O2S/c1-16-3-2-9(8-16)7-15-11-4-10(13)5-12(6-11)19(14,17)18/h4-6,9,15H,2-3,7-8,13H2,1H3,(H2,14,17,18). The first-order valence-corrected chi connectivity index (χ1v) is 7.75. The van der Waals surface area contributed by atoms with Gasteiger partial charge in [-0.25, -0.2) is 13.6 Å². The van der Waals surface area contributed by atoms with E-state index in [1.54, 1.807) is 6.07 Å². The summed E-state index contributed by atoms with van der Waals surface area (Å²) in [7, 11) is -1.63. The van der Waals surface area contributed by atoms with E-state index in [1.807, 2.05) is 0 Å². The Morgan fingerprint density at radius 1 is 1.42 bits per heavy atom. The van der Waals surface area contributed by atoms with E-state index in [-0.39, 0.29) is 4.90 Å². The van der Waals surface area contributed by atoms with Gasteiger partial charge in [0.2, 0.25) is 10.0 Å². The van der Waals surface area contributed by atoms with Gasteiger partial charge < -0.3 is 16.0 Å². The maximum absolute atomic E-state index is 11.3. The van der Waals surface area contributed by atoms with Crippen LogP contribution < -0.4 is 16.2 Å². The summed E-state index contributed by atoms with van der Waals surface area (Å²) in [5.41, 5.74) is 6.77. The van der Waals surface area contributed by atoms with Gasteiger partial charge in [0.25, 0.3) is 0 Å². The Labute approximate surface area is 113 Å². The molecule has 1 saturated heterocycles. The van der Waals surface area contributed by atoms with Gasteiger partial charge in [-0.2, -0.15) is 0 Å². The molecule has 0 saturated carbocycles. The number of nitrogens with two attached hydrogens (primary N) is 2. The molecule has 106 valence electrons. The van der Waals surface area contributed by atoms with Gasteiger partial charge in [-0.1, -0.05) is 0 Å². The lowest BCUT2D eigenvalue weighted by atomic mass is 10.1. The maximum atomic E-state index is 11.3. The number of likely N-dealkylation sites (tertiary alicyclic amines) is 1. The fourth-order valence-electron chi connectivity index (χ4n) is 2.34. The van der Waals surface area contributed by atoms with Crippen molar-refractivity contribution in [1.82, 2.24) is 4.90 Å². The highest BCUT2D eigenvalue weighted by molar-refractivity contribution is 7.89. The molecular weight excluding hydrogens is 264 g/mol. The Kier molecular flexibility index (Phi) is 3.98. The number of primary sulfonamides is 1. The molecule has 0 bridgehead atoms. The van der Waals surface area contributed by atoms with Crippen LogP contribution in [0.25, 0.3) is 0 Å². The van der Waals surface area contributed by atoms with Gasteiger partial charge in [-0.15, -0.1) is 0 Å². The summed E-state index contributed by atoms with van der Waals surface area (Å²) in [6, 6.07) is 4.60. The highest BCUT2D eigenvalue weighted by Gasteiger charge is 2.19. The van der Waals surface area contributed by atoms with E-state index in [0.717, 1.165) is 26.1 Å². The van der Waals surface area contributed by atoms with E-state index in [9.17, 15) is 8.42 Å². The summed E-state index contributed by atoms with van der Waals surface area (Å²) in [5, 5.41) is 8.35. The lowest BCUT2D eigenvalue weighted by Crippen LogP contribution is -2.19. The number of nitrogen functional groups attached to an aromatic ring is 1. The molecular formula is C12H20N4O2S. The first-order valence-electron chi connectivity index (χ1n) is 6.20. The van der Waals surface area contributed by atoms with Crippen LogP contribution in [0, 0.1) is 5.92 Å². The number of sulfonamides is 1. The molecule has 1 atom stereocenters. The second-order valence-electron chi connectivity index (χ2n) is 5.13. The molecule has 1 unspecified atom stereocenters. The van der Waals surface area contributed by atoms with Crippen LogP contribution in [-0.2, 0) is 10.0 Å². The number of anilines is 2. The van der Waals surface area contributed by atoms with Crippen LogP contribution in [0.2, 0.25) is 0 Å². The quantitative estimate of drug-likeness (QED) is 0.689. The third-order valence-corrected chi connectivity index (χ3v) is 4.23. The minimum absolute atomic E-state index is 0.0403. The Balaban J connectivity index is 2.06. The SMILES string of the molecule is CN1CCC(CNc2cc(N)cc(S(N)(=O)=O)c2)C1. The molecule has 0 radical (unpaired) electrons. The molecule has 0 aliphatic carbocycles. The van der Waals surface area contributed by atoms with Crippen LogP contribution in [-0.4, -0.2) is 40.0 Å². The zero-order valence-corrected chi connectivity index (χ0v) is 11.8. The van der Waals surface area contributed by atoms with Crippen molar-refractivity contribution in [3.63, 3.8) is 0 Å². The number of hydrogen-bond acceptors (Lipinski definition) is 5. The molecule has 1 fully saturated rings. The first-order chi connectivity index (χ1) is 8.84. The zero-order valence-electron chi connectivity index (χ0n) is 11.0. The minimum Gasteiger partial charge on any atom is -0.399 e. The molecule has 0 aromatic heterocycles. The Morgan fingerprint density at radius 3 is 2.74 bits per heavy atom. The van der Waals surface area contributed by atoms with Crippen molar-refractivity contribution in [2.75, 3.05) is 37.7 Å². The normalized spacial score (nSPS) is 20.6. The number of rotatable bonds is 4. The van der Waals surface area contributed by atoms with Crippen LogP contribution in [0.1, 0.15) is 6.42 Å². The molecule has 1 aliphatic heterocycles. The molecule has 1 aromatic carbocycles. The molecule has 0 spiro atoms. The zero-order chi connectivity index (χ0) is 14.0. The first kappa shape index (κ1) is 14.1. The third-order valence-electron chi connectivity index (χ3n) is 3.34. The molecule has 5 N–H and O–H groups in total. The predicted molar refractivity (Wildman–Crippen MR) is 76.3 cm³/mol. The van der Waals surface area contributed by atoms with E-state index in [1.165, 1.54) is 12.1 Å². The minimum atomic E-state index is -3.72. The Bertz CT molecular complexity index is 559. The fourth-order valence-corrected chi connectivity index (χ4v) is 2.94. The maximum Gasteiger partial charge on any atom is 0.238 e. The second kappa shape index (κ2) is 5.36. The second-order valence-corrected chi connectivity index (χ2v) is 6.70. The summed E-state index contributed by atoms with van der Waals surface area (Å²) in [6.07, 6.45) is 1.15. The van der Waals surface area contributed by atoms with Gasteiger partial charge in [-0.3, -0.25) is 0 Å². The van der Waals surface area contributed by atoms with Crippen molar-refractivity contribution in [1.29, 1.82) is 0 Å². The topological polar surface area (TPSA) is 101 Å². The van der Waals surface area contributed by atoms with Gasteiger partial charge in [0, 0.05) is 24.5 Å². The van der Waals surface area contributed by atoms with Crippen LogP contribution in [0.3, 0.4) is 0 Å². The lowest BCUT2D eigenvalue weighted by molar-refractivity contribution is 0.399. The Hall–Kier alpha value is -1.31. The van der Waals surface area contributed by atoms with Crippen molar-refractivity contribution >= 4 is 21.4 Å². The van der Waals surface area contributed by atoms with E-state index < -0.39 is 10.0 Å². The highest BCUT2D eigenvalue weighted by Crippen LogP contribution is 2.21. The highest BCUT2D eigenvalue weighted by atomic mass is 32.2. The Morgan fingerprint density at radius 2 is 2.16 bits per heavy atom. The summed E-state index contributed by atoms with van der Waals surface area (Å²) >= 11 is 0. The van der Waals surface area contributed by atoms with Gasteiger partial charge in [-0.05, 0) is 44.1 Å². The molecule has 2 rings (SSSR count). The summed E-state index contributed by atoms with van der Waals surface area (Å²) in [4.78, 5) is 2.32. The number of hydrogen-bond donors (Lipinski definition) is 3. The van der Waals surface area contributed by atoms with Crippen molar-refractivity contribution in [3.05, 3.63) is 18.2 Å². The molecule has 6 nitrogen and oxygen atoms in total. The van der Waals surface area contributed by atoms with Gasteiger partial charge in [0.15, 0.2) is 0 Å². The summed E-state index contributed by atoms with van der Waals surface area (Å²) < 4.78 is 22.7. The number of nitrogens with one attached hydrogen (secondary N) is 1. The largest absolute Gasteiger partial charge is 0.399 e. The molecule has 1 heterocycles. The van der Waals surface area contributed by atoms with Crippen LogP contribution >= 0.6 is 0 Å². The fraction of sp³-hybridized carbons (Fsp3) is 0.500. The molecule has 1 aliphatic rings. The van der Waals surface area contributed by atoms with E-state index >= 15 is 0 Å². The average Bonchev–Trinajstić information content (AvgIpc) is 2.71. The van der Waals surface area contributed by atoms with E-state index in [4.69, 9.17) is 10.9 Å². The van der Waals surface area contributed by atoms with Gasteiger partial charge in [0.1, 0.15) is 0 Å². The molecule has 0 amide bonds. The smallest absolute Gasteiger partial charge is 0.238 e. The van der Waals surface area contributed by atoms with Gasteiger partial charge in [0.05, 0.1) is 4.90 Å². The monoisotopic (exact) mass is 284 g/mol. The average molecular weight is 284 g/mol. The predicted octanol–water partition coefficient (Wildman–Crippen LogP) is 0.280. The summed E-state index contributed by atoms with van der Waals surface area (Å²) in [6.45, 7) is 2.96. The van der Waals surface area contributed by atoms with Gasteiger partial charge >= 0.3 is 0 Å². The number of nitrogens with zero attached hydrogens (tertiary/aromatic N) is 1. The molecule has 7 heteroatoms. The number of benzene rings is 1. The lowest BCUT2D eigenvalue weighted by Gasteiger charge is -2.14. The van der Waals surface area contributed by atoms with Crippen LogP contribution in [0.4, 0.5) is 11.4 Å². The van der Waals surface area contributed by atoms with Crippen LogP contribution in [0.15, 0.2) is 23.1 Å². The van der Waals surface area contributed by atoms with Crippen molar-refractivity contribution in [2.24, 2.45) is 11.1 Å². The van der Waals surface area contributed by atoms with E-state index in [2.05, 4.69) is 17.3 Å². The molecule has 19 heavy (non-hydrogen) atoms.